The van der Waals surface area contributed by atoms with Gasteiger partial charge in [-0.2, -0.15) is 58.7 Å². The summed E-state index contributed by atoms with van der Waals surface area (Å²) in [5.41, 5.74) is 5.26. The molecule has 4 nitrogen and oxygen atoms in total. The number of nitrogens with zero attached hydrogens (tertiary/aromatic N) is 4. The third-order valence-corrected chi connectivity index (χ3v) is 10.1. The van der Waals surface area contributed by atoms with Crippen LogP contribution in [-0.2, 0) is 33.9 Å². The van der Waals surface area contributed by atoms with Crippen LogP contribution in [0, 0.1) is 23.0 Å². The van der Waals surface area contributed by atoms with Crippen molar-refractivity contribution in [3.05, 3.63) is 84.2 Å². The zero-order valence-electron chi connectivity index (χ0n) is 24.2. The molecule has 2 aromatic carbocycles. The van der Waals surface area contributed by atoms with E-state index in [1.165, 1.54) is 11.1 Å². The van der Waals surface area contributed by atoms with Crippen molar-refractivity contribution in [1.29, 1.82) is 0 Å². The molecule has 0 fully saturated rings. The maximum Gasteiger partial charge on any atom is 2.00 e. The van der Waals surface area contributed by atoms with Crippen LogP contribution in [0.1, 0.15) is 65.5 Å². The first-order valence-corrected chi connectivity index (χ1v) is 16.5. The number of aromatic nitrogens is 4. The first-order chi connectivity index (χ1) is 17.3. The van der Waals surface area contributed by atoms with Crippen molar-refractivity contribution in [1.82, 2.24) is 19.6 Å². The van der Waals surface area contributed by atoms with E-state index in [4.69, 9.17) is 10.2 Å². The van der Waals surface area contributed by atoms with Crippen LogP contribution in [-0.4, -0.2) is 27.6 Å². The molecule has 0 aliphatic rings. The van der Waals surface area contributed by atoms with Crippen molar-refractivity contribution in [2.45, 2.75) is 80.3 Å². The second kappa shape index (κ2) is 11.9. The fraction of sp³-hybridized carbons (Fsp3) is 0.438. The molecule has 204 valence electrons. The quantitative estimate of drug-likeness (QED) is 0.157. The van der Waals surface area contributed by atoms with E-state index in [1.54, 1.807) is 0 Å². The zero-order chi connectivity index (χ0) is 26.8. The molecule has 4 aromatic rings. The van der Waals surface area contributed by atoms with Crippen LogP contribution in [0.3, 0.4) is 0 Å². The summed E-state index contributed by atoms with van der Waals surface area (Å²) in [6.07, 6.45) is 8.45. The number of hydrogen-bond acceptors (Lipinski definition) is 2. The molecule has 2 aromatic heterocycles. The Morgan fingerprint density at radius 2 is 1.08 bits per heavy atom. The van der Waals surface area contributed by atoms with Crippen molar-refractivity contribution in [3.8, 4) is 11.4 Å². The Balaban J connectivity index is 0.00000400. The molecule has 4 rings (SSSR count). The van der Waals surface area contributed by atoms with E-state index in [1.807, 2.05) is 21.5 Å². The Labute approximate surface area is 245 Å². The molecule has 0 amide bonds. The number of benzene rings is 2. The Kier molecular flexibility index (Phi) is 9.47. The van der Waals surface area contributed by atoms with Gasteiger partial charge in [0.05, 0.1) is 10.6 Å². The molecular weight excluding hydrogens is 664 g/mol. The van der Waals surface area contributed by atoms with Gasteiger partial charge in [0.1, 0.15) is 0 Å². The summed E-state index contributed by atoms with van der Waals surface area (Å²) in [6.45, 7) is 18.4. The summed E-state index contributed by atoms with van der Waals surface area (Å²) in [5, 5.41) is 12.4. The Morgan fingerprint density at radius 3 is 1.45 bits per heavy atom. The number of rotatable bonds is 8. The molecule has 0 bridgehead atoms. The van der Waals surface area contributed by atoms with Gasteiger partial charge in [0.25, 0.3) is 0 Å². The molecule has 0 saturated carbocycles. The van der Waals surface area contributed by atoms with Crippen LogP contribution in [0.4, 0.5) is 0 Å². The summed E-state index contributed by atoms with van der Waals surface area (Å²) >= 11 is 0. The molecule has 0 aliphatic carbocycles. The summed E-state index contributed by atoms with van der Waals surface area (Å²) in [7, 11) is -2.10. The average molecular weight is 706 g/mol. The summed E-state index contributed by atoms with van der Waals surface area (Å²) < 4.78 is 4.02. The van der Waals surface area contributed by atoms with E-state index in [-0.39, 0.29) is 21.1 Å². The predicted molar refractivity (Wildman–Crippen MR) is 157 cm³/mol. The normalized spacial score (nSPS) is 12.4. The van der Waals surface area contributed by atoms with E-state index in [2.05, 4.69) is 116 Å². The smallest absolute Gasteiger partial charge is 0.266 e. The van der Waals surface area contributed by atoms with E-state index in [0.717, 1.165) is 47.7 Å². The zero-order valence-corrected chi connectivity index (χ0v) is 27.5. The van der Waals surface area contributed by atoms with Crippen molar-refractivity contribution in [3.63, 3.8) is 0 Å². The topological polar surface area (TPSA) is 35.6 Å². The van der Waals surface area contributed by atoms with Crippen LogP contribution >= 0.6 is 0 Å². The SMILES string of the molecule is CC(C)(C)CCc1ccc[c-]c1-n1ccc([Si](C)(C)c2ccn(-c3[c-]cccc3CCC(C)(C)C)n2)n1.[Pt+2]. The molecule has 0 unspecified atom stereocenters. The van der Waals surface area contributed by atoms with Crippen LogP contribution in [0.5, 0.6) is 0 Å². The molecule has 0 aliphatic heterocycles. The fourth-order valence-electron chi connectivity index (χ4n) is 4.47. The van der Waals surface area contributed by atoms with Crippen molar-refractivity contribution < 1.29 is 21.1 Å². The van der Waals surface area contributed by atoms with Gasteiger partial charge in [0.15, 0.2) is 8.07 Å². The minimum absolute atomic E-state index is 0. The molecule has 0 N–H and O–H groups in total. The Morgan fingerprint density at radius 1 is 0.684 bits per heavy atom. The van der Waals surface area contributed by atoms with Gasteiger partial charge in [-0.15, -0.1) is 11.1 Å². The fourth-order valence-corrected chi connectivity index (χ4v) is 6.43. The van der Waals surface area contributed by atoms with E-state index < -0.39 is 8.07 Å². The Hall–Kier alpha value is -2.23. The van der Waals surface area contributed by atoms with Crippen molar-refractivity contribution in [2.24, 2.45) is 10.8 Å². The molecular formula is C32H42N4PtSi. The molecule has 0 spiro atoms. The third-order valence-electron chi connectivity index (χ3n) is 7.04. The van der Waals surface area contributed by atoms with Crippen LogP contribution < -0.4 is 10.6 Å². The number of hydrogen-bond donors (Lipinski definition) is 0. The summed E-state index contributed by atoms with van der Waals surface area (Å²) in [6, 6.07) is 23.7. The Bertz CT molecular complexity index is 1240. The van der Waals surface area contributed by atoms with E-state index in [0.29, 0.717) is 10.8 Å². The van der Waals surface area contributed by atoms with Crippen molar-refractivity contribution >= 4 is 18.7 Å². The third kappa shape index (κ3) is 7.45. The maximum absolute atomic E-state index is 5.08. The van der Waals surface area contributed by atoms with E-state index in [9.17, 15) is 0 Å². The predicted octanol–water partition coefficient (Wildman–Crippen LogP) is 6.44. The van der Waals surface area contributed by atoms with Gasteiger partial charge in [0.2, 0.25) is 0 Å². The summed E-state index contributed by atoms with van der Waals surface area (Å²) in [5.74, 6) is 0. The summed E-state index contributed by atoms with van der Waals surface area (Å²) in [4.78, 5) is 0. The van der Waals surface area contributed by atoms with Gasteiger partial charge >= 0.3 is 21.1 Å². The minimum Gasteiger partial charge on any atom is -0.266 e. The first-order valence-electron chi connectivity index (χ1n) is 13.5. The van der Waals surface area contributed by atoms with Gasteiger partial charge in [-0.05, 0) is 34.3 Å². The molecule has 0 atom stereocenters. The van der Waals surface area contributed by atoms with Gasteiger partial charge in [-0.3, -0.25) is 9.36 Å². The van der Waals surface area contributed by atoms with E-state index >= 15 is 0 Å². The molecule has 0 saturated heterocycles. The molecule has 0 radical (unpaired) electrons. The van der Waals surface area contributed by atoms with Gasteiger partial charge < -0.3 is 0 Å². The van der Waals surface area contributed by atoms with Crippen LogP contribution in [0.2, 0.25) is 13.1 Å². The average Bonchev–Trinajstić information content (AvgIpc) is 3.52. The monoisotopic (exact) mass is 705 g/mol. The van der Waals surface area contributed by atoms with Gasteiger partial charge in [-0.1, -0.05) is 80.3 Å². The van der Waals surface area contributed by atoms with Gasteiger partial charge in [0, 0.05) is 12.4 Å². The largest absolute Gasteiger partial charge is 2.00 e. The minimum atomic E-state index is -2.10. The first kappa shape index (κ1) is 30.3. The second-order valence-corrected chi connectivity index (χ2v) is 17.4. The number of aryl methyl sites for hydroxylation is 2. The molecule has 38 heavy (non-hydrogen) atoms. The van der Waals surface area contributed by atoms with Crippen LogP contribution in [0.15, 0.2) is 60.9 Å². The van der Waals surface area contributed by atoms with Gasteiger partial charge in [-0.25, -0.2) is 0 Å². The van der Waals surface area contributed by atoms with Crippen LogP contribution in [0.25, 0.3) is 11.4 Å². The standard InChI is InChI=1S/C32H42N4Si.Pt/c1-31(2,3)21-17-25-13-9-11-15-27(25)35-23-19-29(33-35)37(7,8)30-20-24-36(34-30)28-16-12-10-14-26(28)18-22-32(4,5)6;/h9-14,19-20,23-24H,17-18,21-22H2,1-8H3;/q-2;+2. The van der Waals surface area contributed by atoms with Crippen molar-refractivity contribution in [2.75, 3.05) is 0 Å². The second-order valence-electron chi connectivity index (χ2n) is 13.1. The molecule has 6 heteroatoms. The maximum atomic E-state index is 5.08. The molecule has 2 heterocycles. The number of para-hydroxylation sites is 2.